The van der Waals surface area contributed by atoms with Crippen molar-refractivity contribution in [1.82, 2.24) is 9.80 Å². The first-order valence-corrected chi connectivity index (χ1v) is 10.3. The molecule has 0 bridgehead atoms. The van der Waals surface area contributed by atoms with E-state index in [9.17, 15) is 4.79 Å². The highest BCUT2D eigenvalue weighted by Crippen LogP contribution is 2.26. The molecule has 4 rings (SSSR count). The van der Waals surface area contributed by atoms with Gasteiger partial charge in [-0.3, -0.25) is 9.69 Å². The highest BCUT2D eigenvalue weighted by molar-refractivity contribution is 5.94. The number of rotatable bonds is 5. The average molecular weight is 389 g/mol. The van der Waals surface area contributed by atoms with Gasteiger partial charge >= 0.3 is 0 Å². The number of nitrogens with zero attached hydrogens (tertiary/aromatic N) is 2. The molecule has 0 saturated carbocycles. The lowest BCUT2D eigenvalue weighted by Gasteiger charge is -2.36. The molecule has 3 aromatic carbocycles. The van der Waals surface area contributed by atoms with E-state index >= 15 is 0 Å². The summed E-state index contributed by atoms with van der Waals surface area (Å²) in [6.07, 6.45) is 0. The van der Waals surface area contributed by atoms with Crippen molar-refractivity contribution in [2.45, 2.75) is 12.8 Å². The fraction of sp³-hybridized carbons (Fsp3) is 0.320. The van der Waals surface area contributed by atoms with Crippen LogP contribution in [0.2, 0.25) is 0 Å². The van der Waals surface area contributed by atoms with Crippen LogP contribution in [0.3, 0.4) is 0 Å². The SMILES string of the molecule is COc1ccc2cc(C(C)CN3CCN(C(=O)c4ccccc4)CC3)ccc2c1. The number of hydrogen-bond donors (Lipinski definition) is 0. The maximum absolute atomic E-state index is 12.6. The second-order valence-corrected chi connectivity index (χ2v) is 7.83. The van der Waals surface area contributed by atoms with Crippen molar-refractivity contribution in [2.75, 3.05) is 39.8 Å². The highest BCUT2D eigenvalue weighted by Gasteiger charge is 2.23. The van der Waals surface area contributed by atoms with E-state index in [1.807, 2.05) is 41.3 Å². The predicted molar refractivity (Wildman–Crippen MR) is 118 cm³/mol. The van der Waals surface area contributed by atoms with Crippen molar-refractivity contribution in [3.63, 3.8) is 0 Å². The maximum Gasteiger partial charge on any atom is 0.253 e. The van der Waals surface area contributed by atoms with Gasteiger partial charge in [0.25, 0.3) is 5.91 Å². The third kappa shape index (κ3) is 4.43. The number of amides is 1. The van der Waals surface area contributed by atoms with Gasteiger partial charge in [0.1, 0.15) is 5.75 Å². The molecule has 1 amide bonds. The number of methoxy groups -OCH3 is 1. The van der Waals surface area contributed by atoms with Crippen molar-refractivity contribution in [3.05, 3.63) is 77.9 Å². The molecule has 4 heteroatoms. The lowest BCUT2D eigenvalue weighted by molar-refractivity contribution is 0.0631. The number of benzene rings is 3. The topological polar surface area (TPSA) is 32.8 Å². The number of hydrogen-bond acceptors (Lipinski definition) is 3. The molecule has 150 valence electrons. The quantitative estimate of drug-likeness (QED) is 0.649. The first kappa shape index (κ1) is 19.5. The normalized spacial score (nSPS) is 16.0. The average Bonchev–Trinajstić information content (AvgIpc) is 2.79. The molecule has 1 saturated heterocycles. The molecule has 0 spiro atoms. The lowest BCUT2D eigenvalue weighted by atomic mass is 9.97. The minimum Gasteiger partial charge on any atom is -0.497 e. The van der Waals surface area contributed by atoms with Crippen LogP contribution in [0.5, 0.6) is 5.75 Å². The monoisotopic (exact) mass is 388 g/mol. The van der Waals surface area contributed by atoms with Crippen LogP contribution in [-0.2, 0) is 0 Å². The number of piperazine rings is 1. The van der Waals surface area contributed by atoms with E-state index in [-0.39, 0.29) is 5.91 Å². The molecule has 1 heterocycles. The summed E-state index contributed by atoms with van der Waals surface area (Å²) in [5.41, 5.74) is 2.13. The van der Waals surface area contributed by atoms with Crippen LogP contribution in [0.15, 0.2) is 66.7 Å². The number of carbonyl (C=O) groups excluding carboxylic acids is 1. The summed E-state index contributed by atoms with van der Waals surface area (Å²) in [5.74, 6) is 1.47. The van der Waals surface area contributed by atoms with Gasteiger partial charge in [-0.1, -0.05) is 49.4 Å². The molecule has 4 nitrogen and oxygen atoms in total. The summed E-state index contributed by atoms with van der Waals surface area (Å²) in [7, 11) is 1.70. The summed E-state index contributed by atoms with van der Waals surface area (Å²) in [5, 5.41) is 2.45. The molecule has 1 unspecified atom stereocenters. The zero-order chi connectivity index (χ0) is 20.2. The van der Waals surface area contributed by atoms with Gasteiger partial charge in [0.15, 0.2) is 0 Å². The van der Waals surface area contributed by atoms with Gasteiger partial charge in [-0.25, -0.2) is 0 Å². The maximum atomic E-state index is 12.6. The third-order valence-corrected chi connectivity index (χ3v) is 5.85. The molecule has 0 N–H and O–H groups in total. The minimum atomic E-state index is 0.142. The third-order valence-electron chi connectivity index (χ3n) is 5.85. The molecule has 3 aromatic rings. The van der Waals surface area contributed by atoms with E-state index in [1.54, 1.807) is 7.11 Å². The fourth-order valence-electron chi connectivity index (χ4n) is 4.07. The molecule has 29 heavy (non-hydrogen) atoms. The Morgan fingerprint density at radius 1 is 0.931 bits per heavy atom. The molecule has 1 fully saturated rings. The molecule has 0 aromatic heterocycles. The first-order valence-electron chi connectivity index (χ1n) is 10.3. The highest BCUT2D eigenvalue weighted by atomic mass is 16.5. The first-order chi connectivity index (χ1) is 14.1. The largest absolute Gasteiger partial charge is 0.497 e. The zero-order valence-electron chi connectivity index (χ0n) is 17.2. The van der Waals surface area contributed by atoms with E-state index in [2.05, 4.69) is 42.2 Å². The molecule has 1 aliphatic heterocycles. The van der Waals surface area contributed by atoms with Crippen LogP contribution in [0.4, 0.5) is 0 Å². The van der Waals surface area contributed by atoms with Crippen molar-refractivity contribution in [3.8, 4) is 5.75 Å². The van der Waals surface area contributed by atoms with Gasteiger partial charge in [0, 0.05) is 38.3 Å². The van der Waals surface area contributed by atoms with E-state index in [4.69, 9.17) is 4.74 Å². The van der Waals surface area contributed by atoms with Gasteiger partial charge in [-0.15, -0.1) is 0 Å². The van der Waals surface area contributed by atoms with Crippen molar-refractivity contribution < 1.29 is 9.53 Å². The summed E-state index contributed by atoms with van der Waals surface area (Å²) < 4.78 is 5.32. The Bertz CT molecular complexity index is 979. The van der Waals surface area contributed by atoms with Crippen LogP contribution in [0.25, 0.3) is 10.8 Å². The Hall–Kier alpha value is -2.85. The van der Waals surface area contributed by atoms with Gasteiger partial charge in [-0.05, 0) is 46.5 Å². The van der Waals surface area contributed by atoms with Gasteiger partial charge in [0.05, 0.1) is 7.11 Å². The standard InChI is InChI=1S/C25H28N2O2/c1-19(21-8-9-23-17-24(29-2)11-10-22(23)16-21)18-26-12-14-27(15-13-26)25(28)20-6-4-3-5-7-20/h3-11,16-17,19H,12-15,18H2,1-2H3. The molecule has 0 aliphatic carbocycles. The van der Waals surface area contributed by atoms with Crippen molar-refractivity contribution in [2.24, 2.45) is 0 Å². The van der Waals surface area contributed by atoms with E-state index in [0.29, 0.717) is 5.92 Å². The summed E-state index contributed by atoms with van der Waals surface area (Å²) in [6.45, 7) is 6.72. The van der Waals surface area contributed by atoms with E-state index < -0.39 is 0 Å². The van der Waals surface area contributed by atoms with Crippen LogP contribution in [0.1, 0.15) is 28.8 Å². The Morgan fingerprint density at radius 3 is 2.34 bits per heavy atom. The summed E-state index contributed by atoms with van der Waals surface area (Å²) >= 11 is 0. The van der Waals surface area contributed by atoms with Crippen LogP contribution >= 0.6 is 0 Å². The molecule has 0 radical (unpaired) electrons. The Labute approximate surface area is 172 Å². The molecular formula is C25H28N2O2. The number of carbonyl (C=O) groups is 1. The predicted octanol–water partition coefficient (Wildman–Crippen LogP) is 4.41. The number of ether oxygens (including phenoxy) is 1. The van der Waals surface area contributed by atoms with Crippen molar-refractivity contribution >= 4 is 16.7 Å². The van der Waals surface area contributed by atoms with Gasteiger partial charge < -0.3 is 9.64 Å². The van der Waals surface area contributed by atoms with Crippen LogP contribution in [0, 0.1) is 0 Å². The molecular weight excluding hydrogens is 360 g/mol. The lowest BCUT2D eigenvalue weighted by Crippen LogP contribution is -2.49. The second-order valence-electron chi connectivity index (χ2n) is 7.83. The smallest absolute Gasteiger partial charge is 0.253 e. The van der Waals surface area contributed by atoms with Gasteiger partial charge in [-0.2, -0.15) is 0 Å². The summed E-state index contributed by atoms with van der Waals surface area (Å²) in [4.78, 5) is 17.1. The van der Waals surface area contributed by atoms with Crippen molar-refractivity contribution in [1.29, 1.82) is 0 Å². The number of fused-ring (bicyclic) bond motifs is 1. The van der Waals surface area contributed by atoms with Crippen LogP contribution in [-0.4, -0.2) is 55.5 Å². The minimum absolute atomic E-state index is 0.142. The van der Waals surface area contributed by atoms with E-state index in [0.717, 1.165) is 44.0 Å². The Morgan fingerprint density at radius 2 is 1.62 bits per heavy atom. The zero-order valence-corrected chi connectivity index (χ0v) is 17.2. The van der Waals surface area contributed by atoms with E-state index in [1.165, 1.54) is 16.3 Å². The Kier molecular flexibility index (Phi) is 5.81. The molecule has 1 aliphatic rings. The molecule has 1 atom stereocenters. The van der Waals surface area contributed by atoms with Crippen LogP contribution < -0.4 is 4.74 Å². The summed E-state index contributed by atoms with van der Waals surface area (Å²) in [6, 6.07) is 22.5. The fourth-order valence-corrected chi connectivity index (χ4v) is 4.07. The second kappa shape index (κ2) is 8.66. The Balaban J connectivity index is 1.35. The van der Waals surface area contributed by atoms with Gasteiger partial charge in [0.2, 0.25) is 0 Å².